The number of rotatable bonds is 6. The lowest BCUT2D eigenvalue weighted by Gasteiger charge is -2.09. The van der Waals surface area contributed by atoms with Crippen LogP contribution in [0.15, 0.2) is 10.3 Å². The van der Waals surface area contributed by atoms with Crippen LogP contribution in [0, 0.1) is 16.0 Å². The molecule has 2 N–H and O–H groups in total. The van der Waals surface area contributed by atoms with E-state index in [2.05, 4.69) is 4.72 Å². The molecule has 1 fully saturated rings. The van der Waals surface area contributed by atoms with E-state index in [0.717, 1.165) is 18.9 Å². The number of aliphatic hydroxyl groups excluding tert-OH is 1. The maximum atomic E-state index is 11.9. The molecule has 0 saturated heterocycles. The smallest absolute Gasteiger partial charge is 0.300 e. The van der Waals surface area contributed by atoms with Gasteiger partial charge in [0.1, 0.15) is 4.21 Å². The Morgan fingerprint density at radius 2 is 2.26 bits per heavy atom. The molecule has 0 bridgehead atoms. The summed E-state index contributed by atoms with van der Waals surface area (Å²) in [5.41, 5.74) is -0.435. The van der Waals surface area contributed by atoms with Crippen molar-refractivity contribution in [2.45, 2.75) is 23.2 Å². The molecule has 1 aliphatic rings. The van der Waals surface area contributed by atoms with E-state index in [9.17, 15) is 23.6 Å². The van der Waals surface area contributed by atoms with Gasteiger partial charge in [0.15, 0.2) is 4.34 Å². The van der Waals surface area contributed by atoms with Crippen LogP contribution < -0.4 is 4.72 Å². The number of halogens is 1. The Bertz CT molecular complexity index is 596. The first-order valence-corrected chi connectivity index (χ1v) is 8.10. The maximum absolute atomic E-state index is 11.9. The van der Waals surface area contributed by atoms with E-state index in [4.69, 9.17) is 11.6 Å². The minimum atomic E-state index is -3.88. The average molecular weight is 327 g/mol. The van der Waals surface area contributed by atoms with Crippen molar-refractivity contribution in [2.75, 3.05) is 6.54 Å². The van der Waals surface area contributed by atoms with E-state index in [1.54, 1.807) is 0 Å². The highest BCUT2D eigenvalue weighted by atomic mass is 35.5. The predicted octanol–water partition coefficient (Wildman–Crippen LogP) is 1.36. The van der Waals surface area contributed by atoms with E-state index < -0.39 is 26.7 Å². The van der Waals surface area contributed by atoms with Gasteiger partial charge in [-0.1, -0.05) is 11.6 Å². The van der Waals surface area contributed by atoms with Gasteiger partial charge in [0.25, 0.3) is 5.69 Å². The molecule has 1 aromatic rings. The van der Waals surface area contributed by atoms with Crippen molar-refractivity contribution in [2.24, 2.45) is 5.92 Å². The highest BCUT2D eigenvalue weighted by Gasteiger charge is 2.31. The van der Waals surface area contributed by atoms with Crippen LogP contribution >= 0.6 is 22.9 Å². The summed E-state index contributed by atoms with van der Waals surface area (Å²) in [4.78, 5) is 9.86. The molecule has 0 aromatic carbocycles. The molecule has 2 rings (SSSR count). The summed E-state index contributed by atoms with van der Waals surface area (Å²) in [5.74, 6) is 0.143. The van der Waals surface area contributed by atoms with Gasteiger partial charge < -0.3 is 5.11 Å². The largest absolute Gasteiger partial charge is 0.391 e. The summed E-state index contributed by atoms with van der Waals surface area (Å²) in [7, 11) is -3.88. The Labute approximate surface area is 118 Å². The lowest BCUT2D eigenvalue weighted by molar-refractivity contribution is -0.384. The van der Waals surface area contributed by atoms with Crippen LogP contribution in [0.25, 0.3) is 0 Å². The van der Waals surface area contributed by atoms with Crippen molar-refractivity contribution in [3.63, 3.8) is 0 Å². The van der Waals surface area contributed by atoms with Crippen LogP contribution in [-0.4, -0.2) is 31.1 Å². The zero-order valence-electron chi connectivity index (χ0n) is 9.58. The quantitative estimate of drug-likeness (QED) is 0.606. The number of sulfonamides is 1. The van der Waals surface area contributed by atoms with Gasteiger partial charge in [0.05, 0.1) is 11.0 Å². The van der Waals surface area contributed by atoms with Crippen LogP contribution in [0.3, 0.4) is 0 Å². The van der Waals surface area contributed by atoms with Crippen molar-refractivity contribution in [1.29, 1.82) is 0 Å². The fraction of sp³-hybridized carbons (Fsp3) is 0.556. The molecule has 0 spiro atoms. The van der Waals surface area contributed by atoms with Crippen molar-refractivity contribution in [1.82, 2.24) is 4.72 Å². The average Bonchev–Trinajstić information content (AvgIpc) is 3.08. The van der Waals surface area contributed by atoms with Gasteiger partial charge in [-0.2, -0.15) is 0 Å². The molecule has 1 atom stereocenters. The SMILES string of the molecule is O=[N+]([O-])c1cc(S(=O)(=O)NCC(O)C2CC2)sc1Cl. The second-order valence-electron chi connectivity index (χ2n) is 4.24. The minimum Gasteiger partial charge on any atom is -0.391 e. The predicted molar refractivity (Wildman–Crippen MR) is 69.9 cm³/mol. The van der Waals surface area contributed by atoms with Crippen LogP contribution in [0.5, 0.6) is 0 Å². The number of hydrogen-bond donors (Lipinski definition) is 2. The van der Waals surface area contributed by atoms with Gasteiger partial charge >= 0.3 is 0 Å². The molecular formula is C9H11ClN2O5S2. The molecule has 0 aliphatic heterocycles. The number of aliphatic hydroxyl groups is 1. The number of thiophene rings is 1. The molecule has 10 heteroatoms. The molecule has 1 saturated carbocycles. The second kappa shape index (κ2) is 5.33. The fourth-order valence-corrected chi connectivity index (χ4v) is 4.27. The van der Waals surface area contributed by atoms with Gasteiger partial charge in [-0.3, -0.25) is 10.1 Å². The van der Waals surface area contributed by atoms with Gasteiger partial charge in [0, 0.05) is 12.6 Å². The van der Waals surface area contributed by atoms with Gasteiger partial charge in [-0.25, -0.2) is 13.1 Å². The standard InChI is InChI=1S/C9H11ClN2O5S2/c10-9-6(12(14)15)3-8(18-9)19(16,17)11-4-7(13)5-1-2-5/h3,5,7,11,13H,1-2,4H2. The minimum absolute atomic E-state index is 0.101. The van der Waals surface area contributed by atoms with E-state index in [1.807, 2.05) is 0 Å². The molecule has 106 valence electrons. The Kier molecular flexibility index (Phi) is 4.11. The van der Waals surface area contributed by atoms with E-state index in [-0.39, 0.29) is 21.0 Å². The lowest BCUT2D eigenvalue weighted by atomic mass is 10.2. The fourth-order valence-electron chi connectivity index (χ4n) is 1.51. The number of nitrogens with zero attached hydrogens (tertiary/aromatic N) is 1. The van der Waals surface area contributed by atoms with Crippen LogP contribution in [0.4, 0.5) is 5.69 Å². The van der Waals surface area contributed by atoms with Crippen molar-refractivity contribution >= 4 is 38.6 Å². The zero-order chi connectivity index (χ0) is 14.2. The Hall–Kier alpha value is -0.740. The summed E-state index contributed by atoms with van der Waals surface area (Å²) >= 11 is 6.22. The van der Waals surface area contributed by atoms with Crippen LogP contribution in [0.1, 0.15) is 12.8 Å². The van der Waals surface area contributed by atoms with Crippen LogP contribution in [0.2, 0.25) is 4.34 Å². The molecule has 0 amide bonds. The molecule has 0 radical (unpaired) electrons. The van der Waals surface area contributed by atoms with Gasteiger partial charge in [-0.15, -0.1) is 11.3 Å². The van der Waals surface area contributed by atoms with Crippen molar-refractivity contribution in [3.8, 4) is 0 Å². The Morgan fingerprint density at radius 1 is 1.63 bits per heavy atom. The Morgan fingerprint density at radius 3 is 2.74 bits per heavy atom. The number of nitro groups is 1. The lowest BCUT2D eigenvalue weighted by Crippen LogP contribution is -2.32. The van der Waals surface area contributed by atoms with Gasteiger partial charge in [0.2, 0.25) is 10.0 Å². The van der Waals surface area contributed by atoms with Crippen molar-refractivity contribution < 1.29 is 18.4 Å². The van der Waals surface area contributed by atoms with Crippen molar-refractivity contribution in [3.05, 3.63) is 20.5 Å². The van der Waals surface area contributed by atoms with E-state index in [0.29, 0.717) is 11.3 Å². The molecule has 1 aliphatic carbocycles. The molecule has 1 aromatic heterocycles. The molecule has 7 nitrogen and oxygen atoms in total. The Balaban J connectivity index is 2.10. The topological polar surface area (TPSA) is 110 Å². The normalized spacial score (nSPS) is 17.4. The number of nitrogens with one attached hydrogen (secondary N) is 1. The molecular weight excluding hydrogens is 316 g/mol. The zero-order valence-corrected chi connectivity index (χ0v) is 12.0. The van der Waals surface area contributed by atoms with Gasteiger partial charge in [-0.05, 0) is 18.8 Å². The summed E-state index contributed by atoms with van der Waals surface area (Å²) in [5, 5.41) is 20.2. The first-order chi connectivity index (χ1) is 8.81. The number of hydrogen-bond acceptors (Lipinski definition) is 6. The maximum Gasteiger partial charge on any atom is 0.300 e. The third kappa shape index (κ3) is 3.42. The highest BCUT2D eigenvalue weighted by Crippen LogP contribution is 2.36. The summed E-state index contributed by atoms with van der Waals surface area (Å²) in [6.45, 7) is -0.101. The molecule has 19 heavy (non-hydrogen) atoms. The molecule has 1 unspecified atom stereocenters. The van der Waals surface area contributed by atoms with E-state index >= 15 is 0 Å². The van der Waals surface area contributed by atoms with Crippen LogP contribution in [-0.2, 0) is 10.0 Å². The third-order valence-electron chi connectivity index (χ3n) is 2.76. The molecule has 1 heterocycles. The summed E-state index contributed by atoms with van der Waals surface area (Å²) < 4.78 is 25.6. The summed E-state index contributed by atoms with van der Waals surface area (Å²) in [6.07, 6.45) is 1.05. The first-order valence-electron chi connectivity index (χ1n) is 5.42. The third-order valence-corrected chi connectivity index (χ3v) is 5.99. The summed E-state index contributed by atoms with van der Waals surface area (Å²) in [6, 6.07) is 0.916. The monoisotopic (exact) mass is 326 g/mol. The second-order valence-corrected chi connectivity index (χ2v) is 7.89. The van der Waals surface area contributed by atoms with E-state index in [1.165, 1.54) is 0 Å². The highest BCUT2D eigenvalue weighted by molar-refractivity contribution is 7.91. The first kappa shape index (κ1) is 14.7.